The van der Waals surface area contributed by atoms with Crippen LogP contribution in [0.15, 0.2) is 5.16 Å². The summed E-state index contributed by atoms with van der Waals surface area (Å²) in [4.78, 5) is 4.31. The third-order valence-electron chi connectivity index (χ3n) is 4.12. The third kappa shape index (κ3) is 3.66. The fourth-order valence-electron chi connectivity index (χ4n) is 3.11. The molecule has 1 heterocycles. The van der Waals surface area contributed by atoms with Gasteiger partial charge in [0.05, 0.1) is 17.0 Å². The lowest BCUT2D eigenvalue weighted by molar-refractivity contribution is 0.104. The fourth-order valence-corrected chi connectivity index (χ4v) is 5.04. The van der Waals surface area contributed by atoms with E-state index in [1.165, 1.54) is 20.3 Å². The zero-order valence-electron chi connectivity index (χ0n) is 13.4. The molecular formula is C15H26N2O3S. The first kappa shape index (κ1) is 16.5. The number of aryl methyl sites for hydroxylation is 1. The zero-order chi connectivity index (χ0) is 15.8. The van der Waals surface area contributed by atoms with E-state index in [1.54, 1.807) is 0 Å². The van der Waals surface area contributed by atoms with Gasteiger partial charge in [0.1, 0.15) is 0 Å². The Hall–Kier alpha value is -0.880. The van der Waals surface area contributed by atoms with Crippen LogP contribution in [0.3, 0.4) is 0 Å². The molecule has 120 valence electrons. The Morgan fingerprint density at radius 2 is 1.81 bits per heavy atom. The van der Waals surface area contributed by atoms with E-state index in [2.05, 4.69) is 4.98 Å². The highest BCUT2D eigenvalue weighted by atomic mass is 32.2. The lowest BCUT2D eigenvalue weighted by Crippen LogP contribution is -2.32. The lowest BCUT2D eigenvalue weighted by Gasteiger charge is -2.26. The van der Waals surface area contributed by atoms with Crippen LogP contribution in [-0.2, 0) is 9.84 Å². The van der Waals surface area contributed by atoms with Crippen molar-refractivity contribution in [1.29, 1.82) is 0 Å². The molecule has 0 atom stereocenters. The van der Waals surface area contributed by atoms with E-state index in [0.29, 0.717) is 0 Å². The summed E-state index contributed by atoms with van der Waals surface area (Å²) in [5.41, 5.74) is 0.426. The van der Waals surface area contributed by atoms with Gasteiger partial charge in [-0.1, -0.05) is 19.3 Å². The van der Waals surface area contributed by atoms with E-state index in [0.717, 1.165) is 37.1 Å². The summed E-state index contributed by atoms with van der Waals surface area (Å²) in [6, 6.07) is 0.214. The molecule has 0 saturated heterocycles. The second kappa shape index (κ2) is 5.72. The predicted molar refractivity (Wildman–Crippen MR) is 82.2 cm³/mol. The second-order valence-corrected chi connectivity index (χ2v) is 8.68. The maximum Gasteiger partial charge on any atom is 0.228 e. The van der Waals surface area contributed by atoms with Gasteiger partial charge in [-0.15, -0.1) is 0 Å². The smallest absolute Gasteiger partial charge is 0.228 e. The highest BCUT2D eigenvalue weighted by molar-refractivity contribution is 7.91. The van der Waals surface area contributed by atoms with Crippen LogP contribution in [0.4, 0.5) is 0 Å². The highest BCUT2D eigenvalue weighted by Crippen LogP contribution is 2.33. The number of imidazole rings is 1. The Morgan fingerprint density at radius 1 is 1.24 bits per heavy atom. The molecule has 1 saturated carbocycles. The van der Waals surface area contributed by atoms with E-state index in [-0.39, 0.29) is 17.0 Å². The predicted octanol–water partition coefficient (Wildman–Crippen LogP) is 2.55. The minimum atomic E-state index is -3.60. The van der Waals surface area contributed by atoms with Crippen molar-refractivity contribution < 1.29 is 13.5 Å². The van der Waals surface area contributed by atoms with Gasteiger partial charge in [0.15, 0.2) is 0 Å². The summed E-state index contributed by atoms with van der Waals surface area (Å²) in [5, 5.41) is 10.0. The molecule has 0 unspecified atom stereocenters. The van der Waals surface area contributed by atoms with Crippen LogP contribution in [-0.4, -0.2) is 34.4 Å². The lowest BCUT2D eigenvalue weighted by atomic mass is 9.95. The molecule has 1 aliphatic rings. The van der Waals surface area contributed by atoms with Crippen molar-refractivity contribution in [1.82, 2.24) is 9.55 Å². The number of hydrogen-bond acceptors (Lipinski definition) is 4. The zero-order valence-corrected chi connectivity index (χ0v) is 14.2. The summed E-state index contributed by atoms with van der Waals surface area (Å²) < 4.78 is 27.2. The number of rotatable bonds is 4. The summed E-state index contributed by atoms with van der Waals surface area (Å²) in [5.74, 6) is -0.303. The Kier molecular flexibility index (Phi) is 4.49. The van der Waals surface area contributed by atoms with E-state index < -0.39 is 15.4 Å². The number of aliphatic hydroxyl groups is 1. The van der Waals surface area contributed by atoms with Crippen LogP contribution < -0.4 is 0 Å². The Morgan fingerprint density at radius 3 is 2.33 bits per heavy atom. The second-order valence-electron chi connectivity index (χ2n) is 6.80. The minimum Gasteiger partial charge on any atom is -0.389 e. The maximum absolute atomic E-state index is 12.6. The summed E-state index contributed by atoms with van der Waals surface area (Å²) in [7, 11) is -3.60. The van der Waals surface area contributed by atoms with E-state index in [4.69, 9.17) is 0 Å². The average molecular weight is 314 g/mol. The van der Waals surface area contributed by atoms with Crippen molar-refractivity contribution in [3.63, 3.8) is 0 Å². The molecular weight excluding hydrogens is 288 g/mol. The van der Waals surface area contributed by atoms with Crippen molar-refractivity contribution in [2.75, 3.05) is 5.75 Å². The van der Waals surface area contributed by atoms with E-state index >= 15 is 0 Å². The number of nitrogens with zero attached hydrogens (tertiary/aromatic N) is 2. The third-order valence-corrected chi connectivity index (χ3v) is 6.05. The molecule has 0 aliphatic heterocycles. The largest absolute Gasteiger partial charge is 0.389 e. The van der Waals surface area contributed by atoms with Crippen molar-refractivity contribution in [2.45, 2.75) is 76.6 Å². The highest BCUT2D eigenvalue weighted by Gasteiger charge is 2.32. The molecule has 1 aliphatic carbocycles. The van der Waals surface area contributed by atoms with E-state index in [1.807, 2.05) is 18.4 Å². The fraction of sp³-hybridized carbons (Fsp3) is 0.800. The topological polar surface area (TPSA) is 72.2 Å². The van der Waals surface area contributed by atoms with Crippen molar-refractivity contribution in [2.24, 2.45) is 0 Å². The van der Waals surface area contributed by atoms with Crippen LogP contribution in [0.2, 0.25) is 0 Å². The molecule has 5 nitrogen and oxygen atoms in total. The summed E-state index contributed by atoms with van der Waals surface area (Å²) >= 11 is 0. The molecule has 0 radical (unpaired) electrons. The first-order valence-electron chi connectivity index (χ1n) is 7.62. The Labute approximate surface area is 127 Å². The molecule has 1 fully saturated rings. The first-order chi connectivity index (χ1) is 9.62. The van der Waals surface area contributed by atoms with Gasteiger partial charge in [-0.05, 0) is 40.5 Å². The molecule has 2 rings (SSSR count). The molecule has 0 bridgehead atoms. The van der Waals surface area contributed by atoms with Crippen molar-refractivity contribution >= 4 is 9.84 Å². The van der Waals surface area contributed by atoms with Crippen LogP contribution in [0, 0.1) is 13.8 Å². The van der Waals surface area contributed by atoms with Gasteiger partial charge in [-0.2, -0.15) is 0 Å². The molecule has 21 heavy (non-hydrogen) atoms. The van der Waals surface area contributed by atoms with Gasteiger partial charge in [-0.3, -0.25) is 0 Å². The van der Waals surface area contributed by atoms with Crippen LogP contribution in [0.25, 0.3) is 0 Å². The van der Waals surface area contributed by atoms with Gasteiger partial charge < -0.3 is 9.67 Å². The summed E-state index contributed by atoms with van der Waals surface area (Å²) in [6.07, 6.45) is 5.48. The van der Waals surface area contributed by atoms with Gasteiger partial charge >= 0.3 is 0 Å². The standard InChI is InChI=1S/C15H26N2O3S/c1-11-12(2)17(13-8-6-5-7-9-13)14(16-11)21(19,20)10-15(3,4)18/h13,18H,5-10H2,1-4H3. The normalized spacial score (nSPS) is 18.1. The van der Waals surface area contributed by atoms with Crippen molar-refractivity contribution in [3.8, 4) is 0 Å². The van der Waals surface area contributed by atoms with Gasteiger partial charge in [0.2, 0.25) is 15.0 Å². The molecule has 0 spiro atoms. The van der Waals surface area contributed by atoms with Crippen molar-refractivity contribution in [3.05, 3.63) is 11.4 Å². The molecule has 0 aromatic carbocycles. The van der Waals surface area contributed by atoms with Crippen LogP contribution in [0.1, 0.15) is 63.4 Å². The Bertz CT molecular complexity index is 606. The van der Waals surface area contributed by atoms with Gasteiger partial charge in [0.25, 0.3) is 0 Å². The van der Waals surface area contributed by atoms with Gasteiger partial charge in [-0.25, -0.2) is 13.4 Å². The molecule has 1 aromatic heterocycles. The average Bonchev–Trinajstić information content (AvgIpc) is 2.65. The first-order valence-corrected chi connectivity index (χ1v) is 9.27. The monoisotopic (exact) mass is 314 g/mol. The maximum atomic E-state index is 12.6. The van der Waals surface area contributed by atoms with Crippen LogP contribution >= 0.6 is 0 Å². The molecule has 6 heteroatoms. The number of sulfone groups is 1. The SMILES string of the molecule is Cc1nc(S(=O)(=O)CC(C)(C)O)n(C2CCCCC2)c1C. The molecule has 1 N–H and O–H groups in total. The minimum absolute atomic E-state index is 0.131. The van der Waals surface area contributed by atoms with Gasteiger partial charge in [0, 0.05) is 11.7 Å². The molecule has 1 aromatic rings. The Balaban J connectivity index is 2.46. The number of hydrogen-bond donors (Lipinski definition) is 1. The molecule has 0 amide bonds. The van der Waals surface area contributed by atoms with E-state index in [9.17, 15) is 13.5 Å². The number of aromatic nitrogens is 2. The van der Waals surface area contributed by atoms with Crippen LogP contribution in [0.5, 0.6) is 0 Å². The quantitative estimate of drug-likeness (QED) is 0.927. The summed E-state index contributed by atoms with van der Waals surface area (Å²) in [6.45, 7) is 6.80.